The van der Waals surface area contributed by atoms with Crippen LogP contribution in [0.15, 0.2) is 71.0 Å². The monoisotopic (exact) mass is 408 g/mol. The minimum absolute atomic E-state index is 0.227. The fraction of sp³-hybridized carbons (Fsp3) is 0.0476. The number of benzene rings is 2. The maximum atomic E-state index is 12.2. The first kappa shape index (κ1) is 18.3. The van der Waals surface area contributed by atoms with E-state index >= 15 is 0 Å². The van der Waals surface area contributed by atoms with Crippen molar-refractivity contribution < 1.29 is 4.79 Å². The smallest absolute Gasteiger partial charge is 0.248 e. The van der Waals surface area contributed by atoms with Crippen LogP contribution in [0, 0.1) is 0 Å². The van der Waals surface area contributed by atoms with Crippen molar-refractivity contribution in [2.24, 2.45) is 10.7 Å². The van der Waals surface area contributed by atoms with Crippen LogP contribution < -0.4 is 25.8 Å². The number of rotatable bonds is 4. The average Bonchev–Trinajstić information content (AvgIpc) is 3.18. The number of fused-ring (bicyclic) bond motifs is 1. The highest BCUT2D eigenvalue weighted by Gasteiger charge is 2.14. The molecular formula is C21H17ClN4OS. The molecule has 0 aliphatic carbocycles. The van der Waals surface area contributed by atoms with Gasteiger partial charge in [0.05, 0.1) is 5.22 Å². The molecule has 1 aromatic heterocycles. The summed E-state index contributed by atoms with van der Waals surface area (Å²) >= 11 is 7.67. The Morgan fingerprint density at radius 3 is 2.75 bits per heavy atom. The van der Waals surface area contributed by atoms with E-state index in [1.807, 2.05) is 58.8 Å². The summed E-state index contributed by atoms with van der Waals surface area (Å²) < 4.78 is 0.961. The van der Waals surface area contributed by atoms with Gasteiger partial charge in [-0.3, -0.25) is 9.79 Å². The van der Waals surface area contributed by atoms with Gasteiger partial charge in [0.25, 0.3) is 0 Å². The van der Waals surface area contributed by atoms with Crippen LogP contribution in [0.25, 0.3) is 11.9 Å². The normalized spacial score (nSPS) is 13.3. The van der Waals surface area contributed by atoms with E-state index in [1.165, 1.54) is 6.08 Å². The van der Waals surface area contributed by atoms with E-state index in [2.05, 4.69) is 10.3 Å². The first-order valence-corrected chi connectivity index (χ1v) is 9.86. The van der Waals surface area contributed by atoms with Gasteiger partial charge in [0.1, 0.15) is 17.2 Å². The topological polar surface area (TPSA) is 70.7 Å². The number of hydrogen-bond donors (Lipinski definition) is 2. The van der Waals surface area contributed by atoms with E-state index in [0.29, 0.717) is 23.2 Å². The Balaban J connectivity index is 1.45. The molecule has 3 aromatic rings. The molecule has 140 valence electrons. The molecule has 7 heteroatoms. The Labute approximate surface area is 171 Å². The lowest BCUT2D eigenvalue weighted by atomic mass is 10.2. The van der Waals surface area contributed by atoms with Gasteiger partial charge in [0.15, 0.2) is 0 Å². The number of carbonyl (C=O) groups is 1. The molecule has 3 N–H and O–H groups in total. The molecule has 0 radical (unpaired) electrons. The van der Waals surface area contributed by atoms with Crippen molar-refractivity contribution in [2.45, 2.75) is 0 Å². The predicted molar refractivity (Wildman–Crippen MR) is 116 cm³/mol. The number of carbonyl (C=O) groups excluding carboxylic acids is 1. The number of nitrogens with two attached hydrogens (primary N) is 1. The molecule has 5 nitrogen and oxygen atoms in total. The van der Waals surface area contributed by atoms with Crippen molar-refractivity contribution >= 4 is 52.1 Å². The zero-order valence-electron chi connectivity index (χ0n) is 14.8. The number of thiophene rings is 1. The van der Waals surface area contributed by atoms with Crippen molar-refractivity contribution in [3.05, 3.63) is 86.5 Å². The van der Waals surface area contributed by atoms with Gasteiger partial charge in [-0.15, -0.1) is 11.3 Å². The van der Waals surface area contributed by atoms with Crippen molar-refractivity contribution in [3.8, 4) is 0 Å². The number of amides is 1. The fourth-order valence-electron chi connectivity index (χ4n) is 2.88. The van der Waals surface area contributed by atoms with Crippen LogP contribution in [0.4, 0.5) is 11.4 Å². The molecule has 1 amide bonds. The highest BCUT2D eigenvalue weighted by Crippen LogP contribution is 2.21. The lowest BCUT2D eigenvalue weighted by molar-refractivity contribution is -0.111. The molecule has 0 bridgehead atoms. The number of nitrogens with zero attached hydrogens (tertiary/aromatic N) is 2. The molecule has 1 aliphatic rings. The minimum atomic E-state index is -0.227. The van der Waals surface area contributed by atoms with Crippen molar-refractivity contribution in [2.75, 3.05) is 16.9 Å². The fourth-order valence-corrected chi connectivity index (χ4v) is 3.84. The Hall–Kier alpha value is -3.09. The van der Waals surface area contributed by atoms with Gasteiger partial charge in [-0.05, 0) is 53.4 Å². The number of nitrogens with one attached hydrogen (secondary N) is 1. The van der Waals surface area contributed by atoms with E-state index in [4.69, 9.17) is 17.3 Å². The second kappa shape index (κ2) is 7.88. The summed E-state index contributed by atoms with van der Waals surface area (Å²) in [5, 5.41) is 6.38. The predicted octanol–water partition coefficient (Wildman–Crippen LogP) is 3.18. The van der Waals surface area contributed by atoms with Crippen LogP contribution in [-0.4, -0.2) is 12.6 Å². The van der Waals surface area contributed by atoms with Crippen LogP contribution in [0.3, 0.4) is 0 Å². The van der Waals surface area contributed by atoms with Crippen molar-refractivity contribution in [3.63, 3.8) is 0 Å². The third-order valence-electron chi connectivity index (χ3n) is 4.33. The number of hydrogen-bond acceptors (Lipinski definition) is 5. The third-order valence-corrected chi connectivity index (χ3v) is 5.52. The standard InChI is InChI=1S/C21H17ClN4OS/c22-18-4-2-1-3-14(18)5-10-19(27)25-15-6-8-16(9-7-15)26-13-24-21-17(20(26)23)11-12-28-21/h1-12H,13,23H2,(H,25,27)/b10-5+. The van der Waals surface area contributed by atoms with Crippen molar-refractivity contribution in [1.82, 2.24) is 0 Å². The van der Waals surface area contributed by atoms with Gasteiger partial charge in [-0.25, -0.2) is 0 Å². The SMILES string of the molecule is NC1=c2ccsc2=NCN1c1ccc(NC(=O)/C=C/c2ccccc2Cl)cc1. The summed E-state index contributed by atoms with van der Waals surface area (Å²) in [5.74, 6) is 0.459. The van der Waals surface area contributed by atoms with E-state index < -0.39 is 0 Å². The van der Waals surface area contributed by atoms with Crippen LogP contribution in [-0.2, 0) is 4.79 Å². The zero-order chi connectivity index (χ0) is 19.5. The molecule has 1 aliphatic heterocycles. The summed E-state index contributed by atoms with van der Waals surface area (Å²) in [6.07, 6.45) is 3.15. The molecule has 0 unspecified atom stereocenters. The summed E-state index contributed by atoms with van der Waals surface area (Å²) in [5.41, 5.74) is 8.70. The van der Waals surface area contributed by atoms with E-state index in [0.717, 1.165) is 21.1 Å². The number of halogens is 1. The lowest BCUT2D eigenvalue weighted by Crippen LogP contribution is -2.41. The molecule has 0 fully saturated rings. The zero-order valence-corrected chi connectivity index (χ0v) is 16.4. The van der Waals surface area contributed by atoms with E-state index in [-0.39, 0.29) is 5.91 Å². The lowest BCUT2D eigenvalue weighted by Gasteiger charge is -2.24. The van der Waals surface area contributed by atoms with Gasteiger partial charge in [-0.1, -0.05) is 29.8 Å². The van der Waals surface area contributed by atoms with Crippen LogP contribution in [0.1, 0.15) is 5.56 Å². The molecule has 4 rings (SSSR count). The summed E-state index contributed by atoms with van der Waals surface area (Å²) in [6.45, 7) is 0.478. The van der Waals surface area contributed by atoms with Gasteiger partial charge < -0.3 is 16.0 Å². The third kappa shape index (κ3) is 3.78. The van der Waals surface area contributed by atoms with Gasteiger partial charge in [-0.2, -0.15) is 0 Å². The van der Waals surface area contributed by atoms with Crippen molar-refractivity contribution in [1.29, 1.82) is 0 Å². The van der Waals surface area contributed by atoms with Gasteiger partial charge in [0, 0.05) is 22.5 Å². The Morgan fingerprint density at radius 2 is 1.96 bits per heavy atom. The second-order valence-electron chi connectivity index (χ2n) is 6.14. The molecule has 2 aromatic carbocycles. The number of anilines is 2. The summed E-state index contributed by atoms with van der Waals surface area (Å²) in [6, 6.07) is 16.8. The highest BCUT2D eigenvalue weighted by molar-refractivity contribution is 7.07. The minimum Gasteiger partial charge on any atom is -0.384 e. The molecule has 0 saturated carbocycles. The highest BCUT2D eigenvalue weighted by atomic mass is 35.5. The maximum Gasteiger partial charge on any atom is 0.248 e. The van der Waals surface area contributed by atoms with E-state index in [9.17, 15) is 4.79 Å². The molecule has 0 saturated heterocycles. The van der Waals surface area contributed by atoms with Crippen LogP contribution in [0.5, 0.6) is 0 Å². The molecular weight excluding hydrogens is 392 g/mol. The van der Waals surface area contributed by atoms with Crippen LogP contribution in [0.2, 0.25) is 5.02 Å². The Kier molecular flexibility index (Phi) is 5.14. The summed E-state index contributed by atoms with van der Waals surface area (Å²) in [4.78, 5) is 18.6. The quantitative estimate of drug-likeness (QED) is 0.651. The first-order chi connectivity index (χ1) is 13.6. The molecule has 2 heterocycles. The van der Waals surface area contributed by atoms with Gasteiger partial charge in [0.2, 0.25) is 5.91 Å². The van der Waals surface area contributed by atoms with Gasteiger partial charge >= 0.3 is 0 Å². The average molecular weight is 409 g/mol. The molecule has 0 atom stereocenters. The Morgan fingerprint density at radius 1 is 1.18 bits per heavy atom. The first-order valence-electron chi connectivity index (χ1n) is 8.61. The largest absolute Gasteiger partial charge is 0.384 e. The molecule has 0 spiro atoms. The molecule has 28 heavy (non-hydrogen) atoms. The Bertz CT molecular complexity index is 1170. The van der Waals surface area contributed by atoms with E-state index in [1.54, 1.807) is 23.5 Å². The van der Waals surface area contributed by atoms with Crippen LogP contribution >= 0.6 is 22.9 Å². The second-order valence-corrected chi connectivity index (χ2v) is 7.44. The summed E-state index contributed by atoms with van der Waals surface area (Å²) in [7, 11) is 0. The maximum absolute atomic E-state index is 12.2.